The van der Waals surface area contributed by atoms with Crippen LogP contribution in [-0.4, -0.2) is 19.0 Å². The molecular formula is C10H8FINO3-. The van der Waals surface area contributed by atoms with E-state index < -0.39 is 25.5 Å². The van der Waals surface area contributed by atoms with Gasteiger partial charge < -0.3 is 0 Å². The number of allylic oxidation sites excluding steroid dienone is 2. The fourth-order valence-corrected chi connectivity index (χ4v) is 4.51. The molecule has 0 aromatic carbocycles. The van der Waals surface area contributed by atoms with Crippen molar-refractivity contribution >= 4 is 15.9 Å². The molecule has 4 unspecified atom stereocenters. The molecule has 6 heteroatoms. The summed E-state index contributed by atoms with van der Waals surface area (Å²) < 4.78 is 11.7. The van der Waals surface area contributed by atoms with Gasteiger partial charge in [0.2, 0.25) is 0 Å². The van der Waals surface area contributed by atoms with Gasteiger partial charge in [0.25, 0.3) is 0 Å². The van der Waals surface area contributed by atoms with Crippen molar-refractivity contribution < 1.29 is 40.3 Å². The first-order valence-electron chi connectivity index (χ1n) is 5.00. The van der Waals surface area contributed by atoms with Crippen LogP contribution in [0.15, 0.2) is 12.2 Å². The van der Waals surface area contributed by atoms with Gasteiger partial charge in [-0.25, -0.2) is 0 Å². The van der Waals surface area contributed by atoms with E-state index in [2.05, 4.69) is 0 Å². The maximum atomic E-state index is 12.3. The zero-order valence-electron chi connectivity index (χ0n) is 8.10. The summed E-state index contributed by atoms with van der Waals surface area (Å²) in [6, 6.07) is 0. The van der Waals surface area contributed by atoms with E-state index in [0.29, 0.717) is 0 Å². The van der Waals surface area contributed by atoms with Gasteiger partial charge in [-0.3, -0.25) is 0 Å². The number of carbonyl (C=O) groups is 3. The molecule has 3 rings (SSSR count). The Labute approximate surface area is 101 Å². The molecule has 2 aliphatic carbocycles. The zero-order chi connectivity index (χ0) is 11.4. The Morgan fingerprint density at radius 3 is 2.19 bits per heavy atom. The molecule has 2 fully saturated rings. The standard InChI is InChI=1S/C10H8FINO3/c11-10(16)12-13-8(14)6-4-1-2-5(3-4)7(6)9(13)15/h1-2,4-7H,3H2/q-1. The molecule has 2 amide bonds. The maximum absolute atomic E-state index is 12.3. The molecule has 3 aliphatic rings. The monoisotopic (exact) mass is 336 g/mol. The first kappa shape index (κ1) is 10.4. The fourth-order valence-electron chi connectivity index (χ4n) is 3.02. The first-order valence-corrected chi connectivity index (χ1v) is 7.04. The van der Waals surface area contributed by atoms with Crippen LogP contribution in [0.1, 0.15) is 6.42 Å². The molecule has 0 N–H and O–H groups in total. The van der Waals surface area contributed by atoms with Crippen LogP contribution < -0.4 is 21.5 Å². The first-order chi connectivity index (χ1) is 7.59. The Morgan fingerprint density at radius 2 is 1.75 bits per heavy atom. The van der Waals surface area contributed by atoms with Crippen LogP contribution >= 0.6 is 0 Å². The van der Waals surface area contributed by atoms with E-state index in [4.69, 9.17) is 0 Å². The van der Waals surface area contributed by atoms with E-state index in [1.165, 1.54) is 0 Å². The van der Waals surface area contributed by atoms with Crippen LogP contribution in [0.4, 0.5) is 9.18 Å². The molecule has 1 heterocycles. The van der Waals surface area contributed by atoms with Crippen LogP contribution in [0.25, 0.3) is 0 Å². The molecule has 4 nitrogen and oxygen atoms in total. The van der Waals surface area contributed by atoms with Crippen molar-refractivity contribution in [1.82, 2.24) is 3.11 Å². The van der Waals surface area contributed by atoms with Gasteiger partial charge in [0.15, 0.2) is 0 Å². The van der Waals surface area contributed by atoms with Crippen molar-refractivity contribution in [2.45, 2.75) is 6.42 Å². The van der Waals surface area contributed by atoms with Crippen LogP contribution in [0.3, 0.4) is 0 Å². The Hall–Kier alpha value is -0.790. The molecule has 2 bridgehead atoms. The van der Waals surface area contributed by atoms with Gasteiger partial charge >= 0.3 is 101 Å². The number of imide groups is 1. The summed E-state index contributed by atoms with van der Waals surface area (Å²) in [5.74, 6) is -1.05. The molecular weight excluding hydrogens is 328 g/mol. The van der Waals surface area contributed by atoms with Gasteiger partial charge in [0, 0.05) is 0 Å². The van der Waals surface area contributed by atoms with E-state index in [-0.39, 0.29) is 35.5 Å². The molecule has 0 aromatic heterocycles. The van der Waals surface area contributed by atoms with E-state index >= 15 is 0 Å². The Balaban J connectivity index is 1.91. The number of halogens is 2. The van der Waals surface area contributed by atoms with Crippen molar-refractivity contribution in [2.24, 2.45) is 23.7 Å². The molecule has 4 atom stereocenters. The van der Waals surface area contributed by atoms with Gasteiger partial charge in [-0.05, 0) is 0 Å². The van der Waals surface area contributed by atoms with E-state index in [1.807, 2.05) is 12.2 Å². The van der Waals surface area contributed by atoms with Gasteiger partial charge in [0.05, 0.1) is 0 Å². The molecule has 1 saturated heterocycles. The third kappa shape index (κ3) is 1.22. The molecule has 0 aromatic rings. The summed E-state index contributed by atoms with van der Waals surface area (Å²) in [6.45, 7) is 0. The third-order valence-electron chi connectivity index (χ3n) is 3.57. The number of carbonyl (C=O) groups excluding carboxylic acids is 3. The Bertz CT molecular complexity index is 406. The van der Waals surface area contributed by atoms with Gasteiger partial charge in [-0.15, -0.1) is 0 Å². The second kappa shape index (κ2) is 3.35. The Morgan fingerprint density at radius 1 is 1.25 bits per heavy atom. The number of amides is 2. The zero-order valence-corrected chi connectivity index (χ0v) is 10.3. The molecule has 16 heavy (non-hydrogen) atoms. The molecule has 0 radical (unpaired) electrons. The van der Waals surface area contributed by atoms with E-state index in [0.717, 1.165) is 9.53 Å². The summed E-state index contributed by atoms with van der Waals surface area (Å²) >= 11 is -1.76. The number of nitrogens with zero attached hydrogens (tertiary/aromatic N) is 1. The third-order valence-corrected chi connectivity index (χ3v) is 5.38. The van der Waals surface area contributed by atoms with Crippen LogP contribution in [0, 0.1) is 23.7 Å². The van der Waals surface area contributed by atoms with Crippen molar-refractivity contribution in [3.63, 3.8) is 0 Å². The summed E-state index contributed by atoms with van der Waals surface area (Å²) in [7, 11) is 0. The molecule has 0 spiro atoms. The Kier molecular flexibility index (Phi) is 2.17. The minimum absolute atomic E-state index is 0.121. The SMILES string of the molecule is O=C(F)[I-]N1C(=O)C2C3C=CC(C3)C2C1=O. The van der Waals surface area contributed by atoms with Crippen LogP contribution in [0.2, 0.25) is 0 Å². The predicted octanol–water partition coefficient (Wildman–Crippen LogP) is -2.11. The fraction of sp³-hybridized carbons (Fsp3) is 0.500. The van der Waals surface area contributed by atoms with Crippen molar-refractivity contribution in [1.29, 1.82) is 0 Å². The van der Waals surface area contributed by atoms with E-state index in [1.54, 1.807) is 0 Å². The number of fused-ring (bicyclic) bond motifs is 5. The summed E-state index contributed by atoms with van der Waals surface area (Å²) in [5, 5.41) is 0. The van der Waals surface area contributed by atoms with Crippen molar-refractivity contribution in [2.75, 3.05) is 0 Å². The van der Waals surface area contributed by atoms with Crippen molar-refractivity contribution in [3.05, 3.63) is 12.2 Å². The number of rotatable bonds is 2. The van der Waals surface area contributed by atoms with Crippen LogP contribution in [-0.2, 0) is 9.59 Å². The molecule has 86 valence electrons. The predicted molar refractivity (Wildman–Crippen MR) is 46.1 cm³/mol. The van der Waals surface area contributed by atoms with Gasteiger partial charge in [0.1, 0.15) is 0 Å². The van der Waals surface area contributed by atoms with E-state index in [9.17, 15) is 18.8 Å². The topological polar surface area (TPSA) is 54.5 Å². The van der Waals surface area contributed by atoms with Gasteiger partial charge in [-0.2, -0.15) is 0 Å². The van der Waals surface area contributed by atoms with Crippen molar-refractivity contribution in [3.8, 4) is 0 Å². The normalized spacial score (nSPS) is 39.9. The number of hydrogen-bond acceptors (Lipinski definition) is 3. The van der Waals surface area contributed by atoms with Gasteiger partial charge in [-0.1, -0.05) is 0 Å². The summed E-state index contributed by atoms with van der Waals surface area (Å²) in [4.78, 5) is 34.2. The quantitative estimate of drug-likeness (QED) is 0.191. The molecule has 1 saturated carbocycles. The summed E-state index contributed by atoms with van der Waals surface area (Å²) in [6.07, 6.45) is 4.79. The van der Waals surface area contributed by atoms with Crippen LogP contribution in [0.5, 0.6) is 0 Å². The summed E-state index contributed by atoms with van der Waals surface area (Å²) in [5.41, 5.74) is 0. The minimum atomic E-state index is -1.76. The average Bonchev–Trinajstić information content (AvgIpc) is 2.87. The second-order valence-electron chi connectivity index (χ2n) is 4.27. The number of hydrogen-bond donors (Lipinski definition) is 0. The average molecular weight is 336 g/mol. The second-order valence-corrected chi connectivity index (χ2v) is 6.56. The molecule has 1 aliphatic heterocycles.